The number of nitrogens with one attached hydrogen (secondary N) is 1. The van der Waals surface area contributed by atoms with Gasteiger partial charge in [0.05, 0.1) is 16.3 Å². The van der Waals surface area contributed by atoms with Crippen molar-refractivity contribution in [1.29, 1.82) is 0 Å². The van der Waals surface area contributed by atoms with Gasteiger partial charge >= 0.3 is 0 Å². The molecule has 3 rings (SSSR count). The van der Waals surface area contributed by atoms with E-state index in [1.165, 1.54) is 23.5 Å². The monoisotopic (exact) mass is 336 g/mol. The number of nitrogens with zero attached hydrogens (tertiary/aromatic N) is 1. The third kappa shape index (κ3) is 2.64. The first kappa shape index (κ1) is 14.8. The maximum atomic E-state index is 13.9. The number of fused-ring (bicyclic) bond motifs is 1. The van der Waals surface area contributed by atoms with Crippen molar-refractivity contribution in [2.24, 2.45) is 0 Å². The smallest absolute Gasteiger partial charge is 0.283 e. The van der Waals surface area contributed by atoms with Crippen LogP contribution < -0.4 is 9.90 Å². The SMILES string of the molecule is O=C(c1cc2ccccc2s1)N(Cl)c1ccc(NO)cc1F. The average Bonchev–Trinajstić information content (AvgIpc) is 2.97. The molecule has 1 aromatic heterocycles. The summed E-state index contributed by atoms with van der Waals surface area (Å²) in [6, 6.07) is 13.0. The van der Waals surface area contributed by atoms with E-state index >= 15 is 0 Å². The zero-order chi connectivity index (χ0) is 15.7. The minimum atomic E-state index is -0.719. The quantitative estimate of drug-likeness (QED) is 0.541. The molecule has 0 spiro atoms. The number of benzene rings is 2. The molecular weight excluding hydrogens is 327 g/mol. The molecule has 3 aromatic rings. The fraction of sp³-hybridized carbons (Fsp3) is 0. The number of carbonyl (C=O) groups excluding carboxylic acids is 1. The number of halogens is 2. The van der Waals surface area contributed by atoms with E-state index in [0.717, 1.165) is 20.6 Å². The van der Waals surface area contributed by atoms with Gasteiger partial charge in [-0.25, -0.2) is 8.81 Å². The Kier molecular flexibility index (Phi) is 3.98. The number of anilines is 2. The Morgan fingerprint density at radius 3 is 2.68 bits per heavy atom. The second-order valence-electron chi connectivity index (χ2n) is 4.51. The molecule has 0 saturated heterocycles. The van der Waals surface area contributed by atoms with E-state index in [9.17, 15) is 9.18 Å². The molecule has 0 aliphatic rings. The van der Waals surface area contributed by atoms with Crippen LogP contribution in [0.1, 0.15) is 9.67 Å². The fourth-order valence-electron chi connectivity index (χ4n) is 2.03. The number of amides is 1. The molecule has 2 aromatic carbocycles. The molecular formula is C15H10ClFN2O2S. The first-order valence-electron chi connectivity index (χ1n) is 6.28. The Morgan fingerprint density at radius 1 is 1.23 bits per heavy atom. The van der Waals surface area contributed by atoms with Crippen molar-refractivity contribution in [3.8, 4) is 0 Å². The average molecular weight is 337 g/mol. The number of thiophene rings is 1. The second-order valence-corrected chi connectivity index (χ2v) is 5.93. The Bertz CT molecular complexity index is 819. The zero-order valence-electron chi connectivity index (χ0n) is 11.1. The van der Waals surface area contributed by atoms with Crippen LogP contribution in [0.15, 0.2) is 48.5 Å². The topological polar surface area (TPSA) is 52.6 Å². The van der Waals surface area contributed by atoms with Gasteiger partial charge in [-0.15, -0.1) is 11.3 Å². The largest absolute Gasteiger partial charge is 0.291 e. The van der Waals surface area contributed by atoms with Gasteiger partial charge in [0.2, 0.25) is 0 Å². The van der Waals surface area contributed by atoms with Gasteiger partial charge in [-0.1, -0.05) is 18.2 Å². The van der Waals surface area contributed by atoms with Crippen LogP contribution in [0.3, 0.4) is 0 Å². The Labute approximate surface area is 134 Å². The van der Waals surface area contributed by atoms with Crippen LogP contribution in [0.2, 0.25) is 0 Å². The molecule has 112 valence electrons. The van der Waals surface area contributed by atoms with Gasteiger partial charge in [-0.3, -0.25) is 15.5 Å². The van der Waals surface area contributed by atoms with Crippen LogP contribution in [0, 0.1) is 5.82 Å². The summed E-state index contributed by atoms with van der Waals surface area (Å²) in [6.45, 7) is 0. The number of hydrogen-bond acceptors (Lipinski definition) is 4. The van der Waals surface area contributed by atoms with E-state index in [4.69, 9.17) is 17.0 Å². The molecule has 0 radical (unpaired) electrons. The predicted octanol–water partition coefficient (Wildman–Crippen LogP) is 4.64. The molecule has 0 fully saturated rings. The van der Waals surface area contributed by atoms with Gasteiger partial charge in [0, 0.05) is 22.5 Å². The molecule has 0 aliphatic carbocycles. The minimum absolute atomic E-state index is 0.0804. The van der Waals surface area contributed by atoms with E-state index in [1.54, 1.807) is 6.07 Å². The molecule has 0 saturated carbocycles. The first-order valence-corrected chi connectivity index (χ1v) is 7.44. The molecule has 0 aliphatic heterocycles. The van der Waals surface area contributed by atoms with E-state index in [1.807, 2.05) is 29.7 Å². The lowest BCUT2D eigenvalue weighted by Gasteiger charge is -2.14. The van der Waals surface area contributed by atoms with Crippen molar-refractivity contribution >= 4 is 50.5 Å². The van der Waals surface area contributed by atoms with Gasteiger partial charge in [0.25, 0.3) is 5.91 Å². The van der Waals surface area contributed by atoms with Crippen molar-refractivity contribution in [3.63, 3.8) is 0 Å². The van der Waals surface area contributed by atoms with Crippen LogP contribution in [0.5, 0.6) is 0 Å². The molecule has 0 bridgehead atoms. The lowest BCUT2D eigenvalue weighted by molar-refractivity contribution is 0.101. The lowest BCUT2D eigenvalue weighted by atomic mass is 10.2. The molecule has 22 heavy (non-hydrogen) atoms. The molecule has 7 heteroatoms. The first-order chi connectivity index (χ1) is 10.6. The van der Waals surface area contributed by atoms with Gasteiger partial charge in [-0.2, -0.15) is 0 Å². The zero-order valence-corrected chi connectivity index (χ0v) is 12.7. The molecule has 2 N–H and O–H groups in total. The van der Waals surface area contributed by atoms with Crippen LogP contribution in [-0.2, 0) is 0 Å². The maximum absolute atomic E-state index is 13.9. The fourth-order valence-corrected chi connectivity index (χ4v) is 3.30. The Balaban J connectivity index is 1.94. The van der Waals surface area contributed by atoms with Gasteiger partial charge < -0.3 is 0 Å². The summed E-state index contributed by atoms with van der Waals surface area (Å²) in [5, 5.41) is 9.66. The highest BCUT2D eigenvalue weighted by Gasteiger charge is 2.21. The number of carbonyl (C=O) groups is 1. The van der Waals surface area contributed by atoms with Crippen molar-refractivity contribution in [3.05, 3.63) is 59.2 Å². The highest BCUT2D eigenvalue weighted by atomic mass is 35.5. The number of rotatable bonds is 3. The summed E-state index contributed by atoms with van der Waals surface area (Å²) in [5.74, 6) is -1.23. The predicted molar refractivity (Wildman–Crippen MR) is 86.3 cm³/mol. The number of hydrogen-bond donors (Lipinski definition) is 2. The van der Waals surface area contributed by atoms with Crippen LogP contribution in [0.25, 0.3) is 10.1 Å². The molecule has 0 unspecified atom stereocenters. The summed E-state index contributed by atoms with van der Waals surface area (Å²) in [6.07, 6.45) is 0. The van der Waals surface area contributed by atoms with Gasteiger partial charge in [0.1, 0.15) is 5.82 Å². The van der Waals surface area contributed by atoms with Crippen LogP contribution in [-0.4, -0.2) is 11.1 Å². The van der Waals surface area contributed by atoms with Crippen LogP contribution in [0.4, 0.5) is 15.8 Å². The summed E-state index contributed by atoms with van der Waals surface area (Å²) in [4.78, 5) is 12.8. The highest BCUT2D eigenvalue weighted by Crippen LogP contribution is 2.30. The second kappa shape index (κ2) is 5.92. The maximum Gasteiger partial charge on any atom is 0.283 e. The Morgan fingerprint density at radius 2 is 2.00 bits per heavy atom. The van der Waals surface area contributed by atoms with E-state index < -0.39 is 11.7 Å². The standard InChI is InChI=1S/C15H10ClFN2O2S/c16-19(12-6-5-10(18-21)8-11(12)17)15(20)14-7-9-3-1-2-4-13(9)22-14/h1-8,18,21H. The third-order valence-corrected chi connectivity index (χ3v) is 4.54. The Hall–Kier alpha value is -2.15. The minimum Gasteiger partial charge on any atom is -0.291 e. The molecule has 1 heterocycles. The van der Waals surface area contributed by atoms with E-state index in [2.05, 4.69) is 0 Å². The van der Waals surface area contributed by atoms with Crippen molar-refractivity contribution in [1.82, 2.24) is 0 Å². The lowest BCUT2D eigenvalue weighted by Crippen LogP contribution is -2.20. The third-order valence-electron chi connectivity index (χ3n) is 3.10. The van der Waals surface area contributed by atoms with E-state index in [-0.39, 0.29) is 11.4 Å². The normalized spacial score (nSPS) is 10.7. The summed E-state index contributed by atoms with van der Waals surface area (Å²) < 4.78 is 15.6. The van der Waals surface area contributed by atoms with Gasteiger partial charge in [0.15, 0.2) is 0 Å². The molecule has 4 nitrogen and oxygen atoms in total. The van der Waals surface area contributed by atoms with E-state index in [0.29, 0.717) is 4.88 Å². The van der Waals surface area contributed by atoms with Crippen LogP contribution >= 0.6 is 23.1 Å². The highest BCUT2D eigenvalue weighted by molar-refractivity contribution is 7.21. The van der Waals surface area contributed by atoms with Crippen molar-refractivity contribution in [2.45, 2.75) is 0 Å². The summed E-state index contributed by atoms with van der Waals surface area (Å²) >= 11 is 7.28. The van der Waals surface area contributed by atoms with Crippen molar-refractivity contribution < 1.29 is 14.4 Å². The molecule has 1 amide bonds. The van der Waals surface area contributed by atoms with Gasteiger partial charge in [-0.05, 0) is 29.7 Å². The molecule has 0 atom stereocenters. The van der Waals surface area contributed by atoms with Crippen molar-refractivity contribution in [2.75, 3.05) is 9.90 Å². The summed E-state index contributed by atoms with van der Waals surface area (Å²) in [5.41, 5.74) is 1.91. The summed E-state index contributed by atoms with van der Waals surface area (Å²) in [7, 11) is 0.